The molecule has 3 rings (SSSR count). The van der Waals surface area contributed by atoms with Crippen LogP contribution in [0.4, 0.5) is 13.2 Å². The number of benzene rings is 1. The quantitative estimate of drug-likeness (QED) is 0.658. The third-order valence-corrected chi connectivity index (χ3v) is 4.62. The number of halogens is 3. The summed E-state index contributed by atoms with van der Waals surface area (Å²) in [5.41, 5.74) is 8.39. The van der Waals surface area contributed by atoms with Crippen molar-refractivity contribution in [1.29, 1.82) is 0 Å². The fourth-order valence-electron chi connectivity index (χ4n) is 3.23. The van der Waals surface area contributed by atoms with Gasteiger partial charge in [-0.15, -0.1) is 0 Å². The highest BCUT2D eigenvalue weighted by atomic mass is 19.3. The second kappa shape index (κ2) is 12.4. The molecule has 1 amide bonds. The third kappa shape index (κ3) is 7.04. The average Bonchev–Trinajstić information content (AvgIpc) is 3.04. The Kier molecular flexibility index (Phi) is 10.6. The Labute approximate surface area is 182 Å². The normalized spacial score (nSPS) is 19.2. The van der Waals surface area contributed by atoms with Crippen LogP contribution in [-0.2, 0) is 16.1 Å². The molecule has 1 fully saturated rings. The molecule has 2 N–H and O–H groups in total. The molecule has 31 heavy (non-hydrogen) atoms. The molecular weight excluding hydrogens is 407 g/mol. The zero-order valence-electron chi connectivity index (χ0n) is 18.7. The van der Waals surface area contributed by atoms with Gasteiger partial charge >= 0.3 is 0 Å². The van der Waals surface area contributed by atoms with E-state index in [-0.39, 0.29) is 0 Å². The molecule has 172 valence electrons. The minimum absolute atomic E-state index is 0.409. The predicted molar refractivity (Wildman–Crippen MR) is 116 cm³/mol. The van der Waals surface area contributed by atoms with E-state index in [1.807, 2.05) is 50.2 Å². The molecule has 2 heterocycles. The molecule has 1 aliphatic rings. The summed E-state index contributed by atoms with van der Waals surface area (Å²) in [7, 11) is 0. The van der Waals surface area contributed by atoms with Gasteiger partial charge < -0.3 is 15.4 Å². The minimum Gasteiger partial charge on any atom is -0.346 e. The van der Waals surface area contributed by atoms with E-state index >= 15 is 0 Å². The lowest BCUT2D eigenvalue weighted by Crippen LogP contribution is -2.43. The summed E-state index contributed by atoms with van der Waals surface area (Å²) in [4.78, 5) is 17.0. The third-order valence-electron chi connectivity index (χ3n) is 4.62. The van der Waals surface area contributed by atoms with Crippen LogP contribution in [0.5, 0.6) is 0 Å². The summed E-state index contributed by atoms with van der Waals surface area (Å²) in [5, 5.41) is 0. The molecule has 1 saturated heterocycles. The van der Waals surface area contributed by atoms with E-state index in [0.717, 1.165) is 29.3 Å². The van der Waals surface area contributed by atoms with E-state index in [1.54, 1.807) is 20.0 Å². The van der Waals surface area contributed by atoms with Crippen molar-refractivity contribution in [1.82, 2.24) is 9.88 Å². The first kappa shape index (κ1) is 26.6. The molecule has 2 atom stereocenters. The van der Waals surface area contributed by atoms with Gasteiger partial charge in [-0.3, -0.25) is 9.78 Å². The average molecular weight is 440 g/mol. The van der Waals surface area contributed by atoms with Gasteiger partial charge in [0.05, 0.1) is 11.7 Å². The molecule has 0 radical (unpaired) electrons. The lowest BCUT2D eigenvalue weighted by atomic mass is 9.99. The van der Waals surface area contributed by atoms with Crippen molar-refractivity contribution in [2.75, 3.05) is 6.67 Å². The maximum Gasteiger partial charge on any atom is 0.235 e. The van der Waals surface area contributed by atoms with E-state index in [0.29, 0.717) is 13.0 Å². The van der Waals surface area contributed by atoms with E-state index in [2.05, 4.69) is 4.98 Å². The molecule has 0 aliphatic carbocycles. The van der Waals surface area contributed by atoms with Gasteiger partial charge in [0, 0.05) is 18.3 Å². The highest BCUT2D eigenvalue weighted by Crippen LogP contribution is 2.40. The van der Waals surface area contributed by atoms with Crippen molar-refractivity contribution < 1.29 is 22.7 Å². The number of nitrogens with zero attached hydrogens (tertiary/aromatic N) is 2. The van der Waals surface area contributed by atoms with E-state index in [9.17, 15) is 18.0 Å². The van der Waals surface area contributed by atoms with Crippen molar-refractivity contribution >= 4 is 6.41 Å². The second-order valence-electron chi connectivity index (χ2n) is 7.10. The Morgan fingerprint density at radius 3 is 2.13 bits per heavy atom. The fourth-order valence-corrected chi connectivity index (χ4v) is 3.23. The number of ether oxygens (including phenoxy) is 1. The lowest BCUT2D eigenvalue weighted by molar-refractivity contribution is -0.134. The molecule has 1 unspecified atom stereocenters. The summed E-state index contributed by atoms with van der Waals surface area (Å²) in [6.45, 7) is 8.12. The summed E-state index contributed by atoms with van der Waals surface area (Å²) in [6.07, 6.45) is -0.217. The number of amides is 1. The van der Waals surface area contributed by atoms with Crippen LogP contribution in [-0.4, -0.2) is 41.2 Å². The van der Waals surface area contributed by atoms with Crippen molar-refractivity contribution in [2.24, 2.45) is 5.73 Å². The summed E-state index contributed by atoms with van der Waals surface area (Å²) in [5.74, 6) is 0. The van der Waals surface area contributed by atoms with Crippen LogP contribution in [0.3, 0.4) is 0 Å². The van der Waals surface area contributed by atoms with Gasteiger partial charge in [0.15, 0.2) is 0 Å². The molecule has 1 aliphatic heterocycles. The van der Waals surface area contributed by atoms with Gasteiger partial charge in [-0.05, 0) is 38.0 Å². The van der Waals surface area contributed by atoms with Crippen LogP contribution in [0.1, 0.15) is 52.0 Å². The van der Waals surface area contributed by atoms with Gasteiger partial charge in [0.25, 0.3) is 0 Å². The highest BCUT2D eigenvalue weighted by molar-refractivity contribution is 5.63. The van der Waals surface area contributed by atoms with Gasteiger partial charge in [0.1, 0.15) is 18.5 Å². The van der Waals surface area contributed by atoms with Crippen molar-refractivity contribution in [3.8, 4) is 11.1 Å². The van der Waals surface area contributed by atoms with Crippen molar-refractivity contribution in [3.05, 3.63) is 53.9 Å². The van der Waals surface area contributed by atoms with E-state index in [1.165, 1.54) is 4.90 Å². The maximum atomic E-state index is 13.5. The zero-order valence-corrected chi connectivity index (χ0v) is 18.7. The van der Waals surface area contributed by atoms with Crippen LogP contribution >= 0.6 is 0 Å². The molecule has 1 aromatic heterocycles. The summed E-state index contributed by atoms with van der Waals surface area (Å²) >= 11 is 0. The molecule has 8 heteroatoms. The molecule has 2 aromatic rings. The van der Waals surface area contributed by atoms with Crippen molar-refractivity contribution in [3.63, 3.8) is 0 Å². The number of carbonyl (C=O) groups is 1. The number of nitrogens with two attached hydrogens (primary N) is 1. The standard InChI is InChI=1S/C19H22FN3O2.C2H4F2.C2H6/c1-19(2)23(12-24)17(9-20)18(25-19)14-5-3-13(4-6-14)15-7-8-16(10-21)22-11-15;1-2(3)4;1-2/h3-8,11-12,17-18H,9-10,21H2,1-2H3;2H,1H3;1-2H3/t17-,18?;;/m1../s1. The first-order valence-corrected chi connectivity index (χ1v) is 10.2. The molecular formula is C23H32F3N3O2. The first-order valence-electron chi connectivity index (χ1n) is 10.2. The van der Waals surface area contributed by atoms with Crippen LogP contribution in [0.15, 0.2) is 42.6 Å². The minimum atomic E-state index is -2.17. The van der Waals surface area contributed by atoms with Crippen LogP contribution in [0.25, 0.3) is 11.1 Å². The molecule has 1 aromatic carbocycles. The Morgan fingerprint density at radius 1 is 1.16 bits per heavy atom. The molecule has 5 nitrogen and oxygen atoms in total. The highest BCUT2D eigenvalue weighted by Gasteiger charge is 2.47. The van der Waals surface area contributed by atoms with Crippen LogP contribution in [0.2, 0.25) is 0 Å². The first-order chi connectivity index (χ1) is 14.7. The Morgan fingerprint density at radius 2 is 1.71 bits per heavy atom. The van der Waals surface area contributed by atoms with Crippen LogP contribution < -0.4 is 5.73 Å². The number of aromatic nitrogens is 1. The summed E-state index contributed by atoms with van der Waals surface area (Å²) in [6, 6.07) is 11.0. The number of hydrogen-bond donors (Lipinski definition) is 1. The van der Waals surface area contributed by atoms with Crippen LogP contribution in [0, 0.1) is 0 Å². The van der Waals surface area contributed by atoms with Gasteiger partial charge in [0.2, 0.25) is 12.8 Å². The smallest absolute Gasteiger partial charge is 0.235 e. The van der Waals surface area contributed by atoms with Crippen molar-refractivity contribution in [2.45, 2.75) is 65.5 Å². The maximum absolute atomic E-state index is 13.5. The van der Waals surface area contributed by atoms with Gasteiger partial charge in [-0.25, -0.2) is 13.2 Å². The number of carbonyl (C=O) groups excluding carboxylic acids is 1. The van der Waals surface area contributed by atoms with E-state index < -0.39 is 31.0 Å². The molecule has 0 bridgehead atoms. The SMILES string of the molecule is CC.CC(F)F.CC1(C)OC(c2ccc(-c3ccc(CN)nc3)cc2)[C@@H](CF)N1C=O. The Hall–Kier alpha value is -2.45. The molecule has 0 spiro atoms. The fraction of sp³-hybridized carbons (Fsp3) is 0.478. The second-order valence-corrected chi connectivity index (χ2v) is 7.10. The Bertz CT molecular complexity index is 781. The summed E-state index contributed by atoms with van der Waals surface area (Å²) < 4.78 is 40.1. The monoisotopic (exact) mass is 439 g/mol. The van der Waals surface area contributed by atoms with Gasteiger partial charge in [-0.2, -0.15) is 0 Å². The van der Waals surface area contributed by atoms with Gasteiger partial charge in [-0.1, -0.05) is 44.2 Å². The molecule has 0 saturated carbocycles. The lowest BCUT2D eigenvalue weighted by Gasteiger charge is -2.28. The number of rotatable bonds is 5. The Balaban J connectivity index is 0.000000720. The zero-order chi connectivity index (χ0) is 23.6. The predicted octanol–water partition coefficient (Wildman–Crippen LogP) is 5.11. The number of pyridine rings is 1. The number of alkyl halides is 3. The van der Waals surface area contributed by atoms with E-state index in [4.69, 9.17) is 10.5 Å². The number of hydrogen-bond acceptors (Lipinski definition) is 4. The topological polar surface area (TPSA) is 68.5 Å². The largest absolute Gasteiger partial charge is 0.346 e.